The van der Waals surface area contributed by atoms with Crippen molar-refractivity contribution in [2.75, 3.05) is 12.3 Å². The summed E-state index contributed by atoms with van der Waals surface area (Å²) in [4.78, 5) is 0. The van der Waals surface area contributed by atoms with Crippen molar-refractivity contribution < 1.29 is 0 Å². The van der Waals surface area contributed by atoms with Crippen LogP contribution in [-0.4, -0.2) is 6.54 Å². The molecule has 0 aliphatic rings. The summed E-state index contributed by atoms with van der Waals surface area (Å²) in [6.45, 7) is 6.46. The Balaban J connectivity index is 2.31. The summed E-state index contributed by atoms with van der Waals surface area (Å²) in [5.74, 6) is 0.746. The maximum absolute atomic E-state index is 5.69. The third kappa shape index (κ3) is 3.79. The monoisotopic (exact) mass is 192 g/mol. The van der Waals surface area contributed by atoms with E-state index in [0.717, 1.165) is 24.7 Å². The van der Waals surface area contributed by atoms with Gasteiger partial charge in [0.15, 0.2) is 0 Å². The van der Waals surface area contributed by atoms with Gasteiger partial charge in [0.05, 0.1) is 0 Å². The van der Waals surface area contributed by atoms with Gasteiger partial charge in [0.1, 0.15) is 0 Å². The number of nitrogens with two attached hydrogens (primary N) is 1. The van der Waals surface area contributed by atoms with E-state index in [-0.39, 0.29) is 0 Å². The summed E-state index contributed by atoms with van der Waals surface area (Å²) in [5, 5.41) is 3.42. The van der Waals surface area contributed by atoms with Gasteiger partial charge in [-0.15, -0.1) is 0 Å². The van der Waals surface area contributed by atoms with Crippen molar-refractivity contribution in [3.63, 3.8) is 0 Å². The first-order valence-corrected chi connectivity index (χ1v) is 5.27. The van der Waals surface area contributed by atoms with E-state index in [1.165, 1.54) is 12.0 Å². The molecule has 0 spiro atoms. The van der Waals surface area contributed by atoms with E-state index in [0.29, 0.717) is 0 Å². The third-order valence-electron chi connectivity index (χ3n) is 2.47. The first-order valence-electron chi connectivity index (χ1n) is 5.27. The zero-order valence-electron chi connectivity index (χ0n) is 9.09. The lowest BCUT2D eigenvalue weighted by molar-refractivity contribution is 0.500. The van der Waals surface area contributed by atoms with E-state index in [9.17, 15) is 0 Å². The van der Waals surface area contributed by atoms with Crippen LogP contribution in [0.1, 0.15) is 25.8 Å². The second kappa shape index (κ2) is 5.66. The fourth-order valence-electron chi connectivity index (χ4n) is 1.31. The van der Waals surface area contributed by atoms with Crippen LogP contribution in [0.15, 0.2) is 24.3 Å². The molecule has 2 nitrogen and oxygen atoms in total. The highest BCUT2D eigenvalue weighted by atomic mass is 14.9. The Kier molecular flexibility index (Phi) is 4.47. The molecule has 0 saturated heterocycles. The van der Waals surface area contributed by atoms with Crippen molar-refractivity contribution in [2.45, 2.75) is 26.8 Å². The van der Waals surface area contributed by atoms with Crippen LogP contribution in [0.3, 0.4) is 0 Å². The Morgan fingerprint density at radius 3 is 2.86 bits per heavy atom. The molecule has 0 aromatic heterocycles. The number of anilines is 1. The van der Waals surface area contributed by atoms with Gasteiger partial charge in [-0.3, -0.25) is 0 Å². The molecule has 1 rings (SSSR count). The summed E-state index contributed by atoms with van der Waals surface area (Å²) >= 11 is 0. The predicted molar refractivity (Wildman–Crippen MR) is 62.0 cm³/mol. The number of benzene rings is 1. The van der Waals surface area contributed by atoms with Crippen molar-refractivity contribution >= 4 is 5.69 Å². The summed E-state index contributed by atoms with van der Waals surface area (Å²) in [7, 11) is 0. The number of hydrogen-bond acceptors (Lipinski definition) is 2. The molecule has 0 aliphatic carbocycles. The summed E-state index contributed by atoms with van der Waals surface area (Å²) in [6.07, 6.45) is 1.23. The smallest absolute Gasteiger partial charge is 0.0317 e. The van der Waals surface area contributed by atoms with Crippen LogP contribution in [-0.2, 0) is 6.54 Å². The summed E-state index contributed by atoms with van der Waals surface area (Å²) < 4.78 is 0. The van der Waals surface area contributed by atoms with Gasteiger partial charge in [-0.25, -0.2) is 0 Å². The minimum atomic E-state index is 0.746. The zero-order chi connectivity index (χ0) is 10.4. The van der Waals surface area contributed by atoms with Crippen molar-refractivity contribution in [2.24, 2.45) is 5.92 Å². The van der Waals surface area contributed by atoms with E-state index in [4.69, 9.17) is 5.73 Å². The number of rotatable bonds is 5. The van der Waals surface area contributed by atoms with E-state index in [1.54, 1.807) is 0 Å². The van der Waals surface area contributed by atoms with E-state index in [2.05, 4.69) is 25.2 Å². The normalized spacial score (nSPS) is 12.7. The lowest BCUT2D eigenvalue weighted by Gasteiger charge is -2.10. The van der Waals surface area contributed by atoms with Crippen molar-refractivity contribution in [1.82, 2.24) is 5.32 Å². The maximum atomic E-state index is 5.69. The quantitative estimate of drug-likeness (QED) is 0.703. The molecular formula is C12H20N2. The standard InChI is InChI=1S/C12H20N2/c1-3-10(2)8-14-9-11-5-4-6-12(13)7-11/h4-7,10,14H,3,8-9,13H2,1-2H3. The highest BCUT2D eigenvalue weighted by Crippen LogP contribution is 2.06. The molecule has 1 unspecified atom stereocenters. The lowest BCUT2D eigenvalue weighted by atomic mass is 10.1. The van der Waals surface area contributed by atoms with Gasteiger partial charge < -0.3 is 11.1 Å². The van der Waals surface area contributed by atoms with Crippen LogP contribution >= 0.6 is 0 Å². The molecule has 0 saturated carbocycles. The average molecular weight is 192 g/mol. The average Bonchev–Trinajstić information content (AvgIpc) is 2.17. The first-order chi connectivity index (χ1) is 6.72. The molecule has 0 bridgehead atoms. The first kappa shape index (κ1) is 11.1. The molecule has 0 amide bonds. The Labute approximate surface area is 86.5 Å². The third-order valence-corrected chi connectivity index (χ3v) is 2.47. The Hall–Kier alpha value is -1.02. The van der Waals surface area contributed by atoms with Crippen LogP contribution in [0.2, 0.25) is 0 Å². The largest absolute Gasteiger partial charge is 0.399 e. The van der Waals surface area contributed by atoms with Crippen LogP contribution in [0.25, 0.3) is 0 Å². The Morgan fingerprint density at radius 2 is 2.21 bits per heavy atom. The van der Waals surface area contributed by atoms with Gasteiger partial charge in [0, 0.05) is 12.2 Å². The van der Waals surface area contributed by atoms with Gasteiger partial charge in [0.25, 0.3) is 0 Å². The van der Waals surface area contributed by atoms with Crippen molar-refractivity contribution in [1.29, 1.82) is 0 Å². The number of hydrogen-bond donors (Lipinski definition) is 2. The second-order valence-corrected chi connectivity index (χ2v) is 3.89. The molecule has 14 heavy (non-hydrogen) atoms. The maximum Gasteiger partial charge on any atom is 0.0317 e. The van der Waals surface area contributed by atoms with Gasteiger partial charge in [-0.2, -0.15) is 0 Å². The van der Waals surface area contributed by atoms with Crippen LogP contribution in [0, 0.1) is 5.92 Å². The summed E-state index contributed by atoms with van der Waals surface area (Å²) in [6, 6.07) is 8.03. The molecule has 0 heterocycles. The van der Waals surface area contributed by atoms with Crippen LogP contribution in [0.4, 0.5) is 5.69 Å². The second-order valence-electron chi connectivity index (χ2n) is 3.89. The molecule has 0 aliphatic heterocycles. The van der Waals surface area contributed by atoms with Crippen LogP contribution in [0.5, 0.6) is 0 Å². The molecule has 1 aromatic rings. The Morgan fingerprint density at radius 1 is 1.43 bits per heavy atom. The highest BCUT2D eigenvalue weighted by molar-refractivity contribution is 5.40. The molecule has 1 aromatic carbocycles. The van der Waals surface area contributed by atoms with Crippen LogP contribution < -0.4 is 11.1 Å². The van der Waals surface area contributed by atoms with Crippen molar-refractivity contribution in [3.8, 4) is 0 Å². The van der Waals surface area contributed by atoms with E-state index < -0.39 is 0 Å². The fourth-order valence-corrected chi connectivity index (χ4v) is 1.31. The van der Waals surface area contributed by atoms with Gasteiger partial charge >= 0.3 is 0 Å². The van der Waals surface area contributed by atoms with E-state index in [1.807, 2.05) is 18.2 Å². The molecular weight excluding hydrogens is 172 g/mol. The summed E-state index contributed by atoms with van der Waals surface area (Å²) in [5.41, 5.74) is 7.79. The van der Waals surface area contributed by atoms with Crippen molar-refractivity contribution in [3.05, 3.63) is 29.8 Å². The van der Waals surface area contributed by atoms with Gasteiger partial charge in [-0.05, 0) is 30.2 Å². The highest BCUT2D eigenvalue weighted by Gasteiger charge is 1.98. The molecule has 78 valence electrons. The minimum absolute atomic E-state index is 0.746. The lowest BCUT2D eigenvalue weighted by Crippen LogP contribution is -2.20. The SMILES string of the molecule is CCC(C)CNCc1cccc(N)c1. The molecule has 3 N–H and O–H groups in total. The predicted octanol–water partition coefficient (Wildman–Crippen LogP) is 2.40. The molecule has 0 radical (unpaired) electrons. The minimum Gasteiger partial charge on any atom is -0.399 e. The van der Waals surface area contributed by atoms with Gasteiger partial charge in [0.2, 0.25) is 0 Å². The molecule has 2 heteroatoms. The Bertz CT molecular complexity index is 271. The fraction of sp³-hybridized carbons (Fsp3) is 0.500. The molecule has 1 atom stereocenters. The van der Waals surface area contributed by atoms with Gasteiger partial charge in [-0.1, -0.05) is 32.4 Å². The number of nitrogen functional groups attached to an aromatic ring is 1. The topological polar surface area (TPSA) is 38.0 Å². The number of nitrogens with one attached hydrogen (secondary N) is 1. The van der Waals surface area contributed by atoms with E-state index >= 15 is 0 Å². The molecule has 0 fully saturated rings. The zero-order valence-corrected chi connectivity index (χ0v) is 9.09.